The Hall–Kier alpha value is -2.57. The molecule has 108 valence electrons. The number of nitrogens with zero attached hydrogens (tertiary/aromatic N) is 3. The third-order valence-electron chi connectivity index (χ3n) is 2.92. The molecule has 0 aliphatic heterocycles. The highest BCUT2D eigenvalue weighted by atomic mass is 19.4. The number of benzene rings is 1. The fourth-order valence-electron chi connectivity index (χ4n) is 1.97. The molecule has 0 saturated carbocycles. The van der Waals surface area contributed by atoms with Crippen molar-refractivity contribution in [3.63, 3.8) is 0 Å². The molecule has 1 aromatic carbocycles. The van der Waals surface area contributed by atoms with Crippen molar-refractivity contribution in [2.75, 3.05) is 0 Å². The summed E-state index contributed by atoms with van der Waals surface area (Å²) in [7, 11) is 0. The third-order valence-corrected chi connectivity index (χ3v) is 2.92. The summed E-state index contributed by atoms with van der Waals surface area (Å²) in [5, 5.41) is 4.40. The summed E-state index contributed by atoms with van der Waals surface area (Å²) in [5.41, 5.74) is 2.93. The van der Waals surface area contributed by atoms with E-state index >= 15 is 0 Å². The quantitative estimate of drug-likeness (QED) is 0.724. The van der Waals surface area contributed by atoms with Gasteiger partial charge in [-0.05, 0) is 43.3 Å². The highest BCUT2D eigenvalue weighted by Gasteiger charge is 2.30. The lowest BCUT2D eigenvalue weighted by atomic mass is 10.1. The standard InChI is InChI=1S/C14H10F3N3O/c1-9-8-18-13-7-6-12(19-20(9)13)10-2-4-11(5-3-10)21-14(15,16)17/h2-8H,1H3. The first-order valence-corrected chi connectivity index (χ1v) is 6.10. The second kappa shape index (κ2) is 4.76. The smallest absolute Gasteiger partial charge is 0.406 e. The molecule has 0 unspecified atom stereocenters. The van der Waals surface area contributed by atoms with Crippen LogP contribution in [0.5, 0.6) is 5.75 Å². The second-order valence-corrected chi connectivity index (χ2v) is 4.46. The zero-order chi connectivity index (χ0) is 15.0. The Kier molecular flexibility index (Phi) is 3.04. The average molecular weight is 293 g/mol. The molecular formula is C14H10F3N3O. The molecule has 0 spiro atoms. The third kappa shape index (κ3) is 2.81. The molecule has 0 saturated heterocycles. The molecule has 0 N–H and O–H groups in total. The Morgan fingerprint density at radius 3 is 2.43 bits per heavy atom. The van der Waals surface area contributed by atoms with E-state index in [0.717, 1.165) is 5.69 Å². The van der Waals surface area contributed by atoms with E-state index in [-0.39, 0.29) is 5.75 Å². The number of rotatable bonds is 2. The van der Waals surface area contributed by atoms with E-state index in [1.165, 1.54) is 24.3 Å². The maximum atomic E-state index is 12.1. The molecule has 4 nitrogen and oxygen atoms in total. The first-order valence-electron chi connectivity index (χ1n) is 6.10. The van der Waals surface area contributed by atoms with Crippen LogP contribution in [0.3, 0.4) is 0 Å². The lowest BCUT2D eigenvalue weighted by molar-refractivity contribution is -0.274. The van der Waals surface area contributed by atoms with Crippen molar-refractivity contribution in [3.8, 4) is 17.0 Å². The maximum Gasteiger partial charge on any atom is 0.573 e. The van der Waals surface area contributed by atoms with Crippen molar-refractivity contribution < 1.29 is 17.9 Å². The predicted octanol–water partition coefficient (Wildman–Crippen LogP) is 3.60. The molecule has 2 aromatic heterocycles. The van der Waals surface area contributed by atoms with Crippen molar-refractivity contribution in [1.82, 2.24) is 14.6 Å². The molecule has 0 fully saturated rings. The minimum atomic E-state index is -4.69. The van der Waals surface area contributed by atoms with Gasteiger partial charge in [0.15, 0.2) is 5.65 Å². The number of aromatic nitrogens is 3. The van der Waals surface area contributed by atoms with Crippen LogP contribution in [0.25, 0.3) is 16.9 Å². The van der Waals surface area contributed by atoms with Crippen LogP contribution in [0.4, 0.5) is 13.2 Å². The van der Waals surface area contributed by atoms with Crippen LogP contribution >= 0.6 is 0 Å². The lowest BCUT2D eigenvalue weighted by Crippen LogP contribution is -2.16. The number of ether oxygens (including phenoxy) is 1. The molecule has 0 bridgehead atoms. The van der Waals surface area contributed by atoms with E-state index in [0.29, 0.717) is 16.9 Å². The normalized spacial score (nSPS) is 11.8. The van der Waals surface area contributed by atoms with Crippen LogP contribution in [0.15, 0.2) is 42.6 Å². The predicted molar refractivity (Wildman–Crippen MR) is 69.8 cm³/mol. The summed E-state index contributed by atoms with van der Waals surface area (Å²) < 4.78 is 41.8. The summed E-state index contributed by atoms with van der Waals surface area (Å²) in [6, 6.07) is 9.14. The van der Waals surface area contributed by atoms with Crippen molar-refractivity contribution >= 4 is 5.65 Å². The van der Waals surface area contributed by atoms with Crippen LogP contribution in [-0.4, -0.2) is 21.0 Å². The number of hydrogen-bond donors (Lipinski definition) is 0. The van der Waals surface area contributed by atoms with Gasteiger partial charge in [-0.25, -0.2) is 9.50 Å². The van der Waals surface area contributed by atoms with Gasteiger partial charge in [0.05, 0.1) is 17.6 Å². The molecule has 0 amide bonds. The van der Waals surface area contributed by atoms with Gasteiger partial charge in [-0.15, -0.1) is 13.2 Å². The van der Waals surface area contributed by atoms with Gasteiger partial charge in [-0.3, -0.25) is 0 Å². The van der Waals surface area contributed by atoms with E-state index in [1.807, 2.05) is 6.92 Å². The topological polar surface area (TPSA) is 39.4 Å². The Morgan fingerprint density at radius 1 is 1.05 bits per heavy atom. The SMILES string of the molecule is Cc1cnc2ccc(-c3ccc(OC(F)(F)F)cc3)nn12. The number of fused-ring (bicyclic) bond motifs is 1. The van der Waals surface area contributed by atoms with Crippen LogP contribution < -0.4 is 4.74 Å². The van der Waals surface area contributed by atoms with Gasteiger partial charge < -0.3 is 4.74 Å². The Labute approximate surface area is 117 Å². The Balaban J connectivity index is 1.93. The van der Waals surface area contributed by atoms with Gasteiger partial charge in [0.25, 0.3) is 0 Å². The fraction of sp³-hybridized carbons (Fsp3) is 0.143. The molecule has 0 atom stereocenters. The number of imidazole rings is 1. The molecule has 3 aromatic rings. The van der Waals surface area contributed by atoms with Gasteiger partial charge in [-0.2, -0.15) is 5.10 Å². The van der Waals surface area contributed by atoms with Gasteiger partial charge in [0.1, 0.15) is 5.75 Å². The highest BCUT2D eigenvalue weighted by Crippen LogP contribution is 2.25. The van der Waals surface area contributed by atoms with Crippen LogP contribution in [0.2, 0.25) is 0 Å². The molecule has 3 rings (SSSR count). The molecule has 0 radical (unpaired) electrons. The summed E-state index contributed by atoms with van der Waals surface area (Å²) in [6.45, 7) is 1.87. The van der Waals surface area contributed by atoms with E-state index in [4.69, 9.17) is 0 Å². The highest BCUT2D eigenvalue weighted by molar-refractivity contribution is 5.61. The molecule has 0 aliphatic carbocycles. The van der Waals surface area contributed by atoms with Crippen molar-refractivity contribution in [3.05, 3.63) is 48.3 Å². The van der Waals surface area contributed by atoms with Crippen LogP contribution in [0, 0.1) is 6.92 Å². The van der Waals surface area contributed by atoms with Crippen LogP contribution in [-0.2, 0) is 0 Å². The zero-order valence-corrected chi connectivity index (χ0v) is 10.9. The van der Waals surface area contributed by atoms with Gasteiger partial charge >= 0.3 is 6.36 Å². The minimum absolute atomic E-state index is 0.258. The van der Waals surface area contributed by atoms with Crippen molar-refractivity contribution in [2.45, 2.75) is 13.3 Å². The Morgan fingerprint density at radius 2 is 1.76 bits per heavy atom. The first-order chi connectivity index (χ1) is 9.92. The largest absolute Gasteiger partial charge is 0.573 e. The van der Waals surface area contributed by atoms with E-state index < -0.39 is 6.36 Å². The molecule has 0 aliphatic rings. The molecule has 21 heavy (non-hydrogen) atoms. The number of hydrogen-bond acceptors (Lipinski definition) is 3. The van der Waals surface area contributed by atoms with E-state index in [9.17, 15) is 13.2 Å². The molecular weight excluding hydrogens is 283 g/mol. The summed E-state index contributed by atoms with van der Waals surface area (Å²) in [4.78, 5) is 4.16. The number of alkyl halides is 3. The second-order valence-electron chi connectivity index (χ2n) is 4.46. The summed E-state index contributed by atoms with van der Waals surface area (Å²) in [5.74, 6) is -0.258. The van der Waals surface area contributed by atoms with E-state index in [2.05, 4.69) is 14.8 Å². The minimum Gasteiger partial charge on any atom is -0.406 e. The number of aryl methyl sites for hydroxylation is 1. The first kappa shape index (κ1) is 13.4. The van der Waals surface area contributed by atoms with Crippen molar-refractivity contribution in [2.24, 2.45) is 0 Å². The fourth-order valence-corrected chi connectivity index (χ4v) is 1.97. The Bertz CT molecular complexity index is 778. The monoisotopic (exact) mass is 293 g/mol. The number of halogens is 3. The summed E-state index contributed by atoms with van der Waals surface area (Å²) >= 11 is 0. The maximum absolute atomic E-state index is 12.1. The molecule has 2 heterocycles. The van der Waals surface area contributed by atoms with E-state index in [1.54, 1.807) is 22.8 Å². The van der Waals surface area contributed by atoms with Crippen LogP contribution in [0.1, 0.15) is 5.69 Å². The lowest BCUT2D eigenvalue weighted by Gasteiger charge is -2.09. The zero-order valence-electron chi connectivity index (χ0n) is 10.9. The summed E-state index contributed by atoms with van der Waals surface area (Å²) in [6.07, 6.45) is -2.99. The van der Waals surface area contributed by atoms with Crippen molar-refractivity contribution in [1.29, 1.82) is 0 Å². The molecule has 7 heteroatoms. The van der Waals surface area contributed by atoms with Gasteiger partial charge in [0.2, 0.25) is 0 Å². The van der Waals surface area contributed by atoms with Gasteiger partial charge in [-0.1, -0.05) is 0 Å². The van der Waals surface area contributed by atoms with Gasteiger partial charge in [0, 0.05) is 5.56 Å². The average Bonchev–Trinajstić information content (AvgIpc) is 2.79.